The quantitative estimate of drug-likeness (QED) is 0.793. The van der Waals surface area contributed by atoms with Crippen LogP contribution >= 0.6 is 0 Å². The van der Waals surface area contributed by atoms with Gasteiger partial charge in [-0.15, -0.1) is 0 Å². The van der Waals surface area contributed by atoms with Crippen molar-refractivity contribution in [1.29, 1.82) is 0 Å². The molecule has 1 aliphatic rings. The summed E-state index contributed by atoms with van der Waals surface area (Å²) in [4.78, 5) is 24.9. The third-order valence-corrected chi connectivity index (χ3v) is 4.13. The Morgan fingerprint density at radius 3 is 2.33 bits per heavy atom. The van der Waals surface area contributed by atoms with Crippen LogP contribution in [0.2, 0.25) is 0 Å². The van der Waals surface area contributed by atoms with Crippen LogP contribution in [0, 0.1) is 5.41 Å². The van der Waals surface area contributed by atoms with E-state index in [1.807, 2.05) is 0 Å². The van der Waals surface area contributed by atoms with Crippen LogP contribution in [0.15, 0.2) is 24.3 Å². The van der Waals surface area contributed by atoms with Crippen molar-refractivity contribution in [3.8, 4) is 5.75 Å². The predicted octanol–water partition coefficient (Wildman–Crippen LogP) is 2.18. The predicted molar refractivity (Wildman–Crippen MR) is 78.4 cm³/mol. The molecular weight excluding hydrogens is 272 g/mol. The molecule has 1 aromatic carbocycles. The first-order chi connectivity index (χ1) is 9.94. The van der Waals surface area contributed by atoms with Gasteiger partial charge in [0.25, 0.3) is 0 Å². The second kappa shape index (κ2) is 6.03. The lowest BCUT2D eigenvalue weighted by molar-refractivity contribution is -0.148. The van der Waals surface area contributed by atoms with Gasteiger partial charge in [0.1, 0.15) is 5.75 Å². The van der Waals surface area contributed by atoms with Crippen molar-refractivity contribution in [1.82, 2.24) is 5.32 Å². The number of urea groups is 1. The number of anilines is 1. The maximum absolute atomic E-state index is 12.1. The Morgan fingerprint density at radius 1 is 1.24 bits per heavy atom. The number of nitrogens with zero attached hydrogens (tertiary/aromatic N) is 1. The zero-order valence-electron chi connectivity index (χ0n) is 12.0. The number of carbonyl (C=O) groups excluding carboxylic acids is 1. The molecule has 0 heterocycles. The molecule has 6 heteroatoms. The van der Waals surface area contributed by atoms with E-state index in [0.717, 1.165) is 12.8 Å². The maximum Gasteiger partial charge on any atom is 0.321 e. The molecule has 1 aromatic rings. The van der Waals surface area contributed by atoms with E-state index >= 15 is 0 Å². The van der Waals surface area contributed by atoms with E-state index in [4.69, 9.17) is 0 Å². The molecule has 0 bridgehead atoms. The molecule has 2 rings (SSSR count). The van der Waals surface area contributed by atoms with Crippen molar-refractivity contribution < 1.29 is 19.8 Å². The zero-order valence-corrected chi connectivity index (χ0v) is 12.0. The maximum atomic E-state index is 12.1. The van der Waals surface area contributed by atoms with E-state index in [0.29, 0.717) is 18.5 Å². The molecule has 0 saturated heterocycles. The molecule has 2 amide bonds. The fourth-order valence-corrected chi connectivity index (χ4v) is 2.67. The van der Waals surface area contributed by atoms with Crippen molar-refractivity contribution in [2.45, 2.75) is 25.7 Å². The average Bonchev–Trinajstić information content (AvgIpc) is 2.95. The van der Waals surface area contributed by atoms with Crippen LogP contribution in [0.25, 0.3) is 0 Å². The van der Waals surface area contributed by atoms with Gasteiger partial charge in [-0.1, -0.05) is 12.8 Å². The molecule has 1 fully saturated rings. The van der Waals surface area contributed by atoms with Crippen molar-refractivity contribution in [2.24, 2.45) is 5.41 Å². The van der Waals surface area contributed by atoms with Gasteiger partial charge in [-0.3, -0.25) is 9.69 Å². The minimum atomic E-state index is -0.840. The molecule has 3 N–H and O–H groups in total. The first-order valence-electron chi connectivity index (χ1n) is 6.99. The molecule has 6 nitrogen and oxygen atoms in total. The van der Waals surface area contributed by atoms with Gasteiger partial charge in [0.15, 0.2) is 0 Å². The fraction of sp³-hybridized carbons (Fsp3) is 0.467. The highest BCUT2D eigenvalue weighted by Gasteiger charge is 2.41. The number of aliphatic carboxylic acids is 1. The largest absolute Gasteiger partial charge is 0.508 e. The lowest BCUT2D eigenvalue weighted by Gasteiger charge is -2.26. The SMILES string of the molecule is CN(C(=O)NCC1(C(=O)O)CCCC1)c1ccc(O)cc1. The van der Waals surface area contributed by atoms with E-state index in [1.54, 1.807) is 19.2 Å². The second-order valence-corrected chi connectivity index (χ2v) is 5.53. The number of phenolic OH excluding ortho intramolecular Hbond substituents is 1. The number of carboxylic acid groups (broad SMARTS) is 1. The summed E-state index contributed by atoms with van der Waals surface area (Å²) in [5, 5.41) is 21.3. The summed E-state index contributed by atoms with van der Waals surface area (Å²) in [6, 6.07) is 5.88. The zero-order chi connectivity index (χ0) is 15.5. The molecule has 0 aromatic heterocycles. The van der Waals surface area contributed by atoms with Crippen LogP contribution < -0.4 is 10.2 Å². The van der Waals surface area contributed by atoms with Crippen LogP contribution in [0.4, 0.5) is 10.5 Å². The van der Waals surface area contributed by atoms with Gasteiger partial charge in [-0.05, 0) is 37.1 Å². The van der Waals surface area contributed by atoms with Gasteiger partial charge in [0, 0.05) is 19.3 Å². The summed E-state index contributed by atoms with van der Waals surface area (Å²) >= 11 is 0. The standard InChI is InChI=1S/C15H20N2O4/c1-17(11-4-6-12(18)7-5-11)14(21)16-10-15(13(19)20)8-2-3-9-15/h4-7,18H,2-3,8-10H2,1H3,(H,16,21)(H,19,20). The Hall–Kier alpha value is -2.24. The number of benzene rings is 1. The fourth-order valence-electron chi connectivity index (χ4n) is 2.67. The number of aromatic hydroxyl groups is 1. The Labute approximate surface area is 123 Å². The number of carbonyl (C=O) groups is 2. The van der Waals surface area contributed by atoms with Gasteiger partial charge in [0.05, 0.1) is 5.41 Å². The lowest BCUT2D eigenvalue weighted by atomic mass is 9.86. The number of nitrogens with one attached hydrogen (secondary N) is 1. The number of carboxylic acids is 1. The van der Waals surface area contributed by atoms with E-state index in [2.05, 4.69) is 5.32 Å². The molecule has 1 saturated carbocycles. The van der Waals surface area contributed by atoms with Gasteiger partial charge in [0.2, 0.25) is 0 Å². The number of phenols is 1. The van der Waals surface area contributed by atoms with Crippen LogP contribution in [0.3, 0.4) is 0 Å². The molecule has 0 aliphatic heterocycles. The van der Waals surface area contributed by atoms with Crippen molar-refractivity contribution in [3.05, 3.63) is 24.3 Å². The average molecular weight is 292 g/mol. The highest BCUT2D eigenvalue weighted by molar-refractivity contribution is 5.91. The van der Waals surface area contributed by atoms with Gasteiger partial charge < -0.3 is 15.5 Å². The molecular formula is C15H20N2O4. The van der Waals surface area contributed by atoms with E-state index in [1.165, 1.54) is 17.0 Å². The Bertz CT molecular complexity index is 521. The summed E-state index contributed by atoms with van der Waals surface area (Å²) in [5.41, 5.74) is -0.202. The number of amides is 2. The summed E-state index contributed by atoms with van der Waals surface area (Å²) < 4.78 is 0. The third-order valence-electron chi connectivity index (χ3n) is 4.13. The second-order valence-electron chi connectivity index (χ2n) is 5.53. The Kier molecular flexibility index (Phi) is 4.35. The number of hydrogen-bond donors (Lipinski definition) is 3. The minimum Gasteiger partial charge on any atom is -0.508 e. The highest BCUT2D eigenvalue weighted by Crippen LogP contribution is 2.37. The molecule has 114 valence electrons. The normalized spacial score (nSPS) is 16.4. The lowest BCUT2D eigenvalue weighted by Crippen LogP contribution is -2.45. The number of hydrogen-bond acceptors (Lipinski definition) is 3. The smallest absolute Gasteiger partial charge is 0.321 e. The van der Waals surface area contributed by atoms with Crippen LogP contribution in [0.5, 0.6) is 5.75 Å². The Morgan fingerprint density at radius 2 is 1.81 bits per heavy atom. The highest BCUT2D eigenvalue weighted by atomic mass is 16.4. The van der Waals surface area contributed by atoms with Crippen molar-refractivity contribution in [2.75, 3.05) is 18.5 Å². The van der Waals surface area contributed by atoms with E-state index in [9.17, 15) is 19.8 Å². The van der Waals surface area contributed by atoms with E-state index < -0.39 is 11.4 Å². The number of rotatable bonds is 4. The van der Waals surface area contributed by atoms with Crippen LogP contribution in [-0.4, -0.2) is 35.8 Å². The topological polar surface area (TPSA) is 89.9 Å². The minimum absolute atomic E-state index is 0.128. The first kappa shape index (κ1) is 15.2. The van der Waals surface area contributed by atoms with E-state index in [-0.39, 0.29) is 18.3 Å². The summed E-state index contributed by atoms with van der Waals surface area (Å²) in [6.45, 7) is 0.142. The molecule has 0 atom stereocenters. The van der Waals surface area contributed by atoms with Gasteiger partial charge in [-0.25, -0.2) is 4.79 Å². The van der Waals surface area contributed by atoms with Crippen LogP contribution in [-0.2, 0) is 4.79 Å². The molecule has 0 spiro atoms. The molecule has 1 aliphatic carbocycles. The molecule has 0 unspecified atom stereocenters. The molecule has 21 heavy (non-hydrogen) atoms. The van der Waals surface area contributed by atoms with Crippen LogP contribution in [0.1, 0.15) is 25.7 Å². The Balaban J connectivity index is 1.97. The van der Waals surface area contributed by atoms with Gasteiger partial charge in [-0.2, -0.15) is 0 Å². The summed E-state index contributed by atoms with van der Waals surface area (Å²) in [6.07, 6.45) is 2.98. The third kappa shape index (κ3) is 3.26. The van der Waals surface area contributed by atoms with Crippen molar-refractivity contribution in [3.63, 3.8) is 0 Å². The summed E-state index contributed by atoms with van der Waals surface area (Å²) in [5.74, 6) is -0.712. The first-order valence-corrected chi connectivity index (χ1v) is 6.99. The van der Waals surface area contributed by atoms with Crippen molar-refractivity contribution >= 4 is 17.7 Å². The molecule has 0 radical (unpaired) electrons. The van der Waals surface area contributed by atoms with Gasteiger partial charge >= 0.3 is 12.0 Å². The monoisotopic (exact) mass is 292 g/mol. The summed E-state index contributed by atoms with van der Waals surface area (Å²) in [7, 11) is 1.60.